The van der Waals surface area contributed by atoms with Crippen molar-refractivity contribution in [3.63, 3.8) is 0 Å². The molecule has 1 aliphatic rings. The number of para-hydroxylation sites is 1. The van der Waals surface area contributed by atoms with E-state index in [-0.39, 0.29) is 23.0 Å². The number of halogens is 1. The van der Waals surface area contributed by atoms with Gasteiger partial charge in [-0.05, 0) is 44.2 Å². The first-order valence-electron chi connectivity index (χ1n) is 11.5. The molecular weight excluding hydrogens is 465 g/mol. The molecule has 3 heterocycles. The average molecular weight is 492 g/mol. The molecule has 180 valence electrons. The Hall–Kier alpha value is -3.59. The maximum Gasteiger partial charge on any atom is 0.283 e. The Balaban J connectivity index is 1.34. The van der Waals surface area contributed by atoms with Crippen LogP contribution < -0.4 is 10.5 Å². The maximum atomic E-state index is 14.1. The molecule has 0 spiro atoms. The topological polar surface area (TPSA) is 74.2 Å². The minimum atomic E-state index is -0.252. The lowest BCUT2D eigenvalue weighted by Gasteiger charge is -2.36. The number of benzene rings is 2. The fraction of sp³-hybridized carbons (Fsp3) is 0.269. The Bertz CT molecular complexity index is 1440. The number of thioether (sulfide) groups is 1. The lowest BCUT2D eigenvalue weighted by atomic mass is 10.2. The monoisotopic (exact) mass is 491 g/mol. The lowest BCUT2D eigenvalue weighted by Crippen LogP contribution is -2.49. The molecule has 1 fully saturated rings. The number of hydrogen-bond acceptors (Lipinski definition) is 5. The summed E-state index contributed by atoms with van der Waals surface area (Å²) >= 11 is 1.26. The quantitative estimate of drug-likeness (QED) is 0.339. The maximum absolute atomic E-state index is 14.1. The van der Waals surface area contributed by atoms with Crippen molar-refractivity contribution in [2.45, 2.75) is 19.0 Å². The van der Waals surface area contributed by atoms with Crippen LogP contribution in [-0.2, 0) is 4.79 Å². The van der Waals surface area contributed by atoms with Gasteiger partial charge < -0.3 is 14.8 Å². The number of anilines is 1. The van der Waals surface area contributed by atoms with E-state index in [0.717, 1.165) is 11.3 Å². The van der Waals surface area contributed by atoms with Gasteiger partial charge in [-0.15, -0.1) is 0 Å². The predicted octanol–water partition coefficient (Wildman–Crippen LogP) is 3.91. The highest BCUT2D eigenvalue weighted by atomic mass is 32.2. The molecule has 4 aromatic rings. The Labute approximate surface area is 206 Å². The summed E-state index contributed by atoms with van der Waals surface area (Å²) in [5.74, 6) is -0.121. The fourth-order valence-electron chi connectivity index (χ4n) is 4.32. The minimum Gasteiger partial charge on any atom is -0.366 e. The van der Waals surface area contributed by atoms with Crippen LogP contribution in [0.15, 0.2) is 64.5 Å². The fourth-order valence-corrected chi connectivity index (χ4v) is 5.23. The first-order chi connectivity index (χ1) is 16.9. The van der Waals surface area contributed by atoms with Gasteiger partial charge in [0.05, 0.1) is 22.6 Å². The number of amides is 1. The standard InChI is InChI=1S/C26H26FN5O2S/c1-17-7-9-19(10-8-17)32-25(34)24-21(15-18(2)28-24)29-26(32)35-16-23(33)31-13-11-30(12-14-31)22-6-4-3-5-20(22)27/h3-10,15,28H,11-14,16H2,1-2H3. The van der Waals surface area contributed by atoms with E-state index in [1.165, 1.54) is 17.8 Å². The Morgan fingerprint density at radius 1 is 1.06 bits per heavy atom. The molecule has 1 amide bonds. The minimum absolute atomic E-state index is 0.0294. The summed E-state index contributed by atoms with van der Waals surface area (Å²) in [6, 6.07) is 16.2. The molecule has 1 aliphatic heterocycles. The molecule has 1 N–H and O–H groups in total. The van der Waals surface area contributed by atoms with Crippen LogP contribution in [0.1, 0.15) is 11.3 Å². The summed E-state index contributed by atoms with van der Waals surface area (Å²) < 4.78 is 15.7. The number of H-pyrrole nitrogens is 1. The van der Waals surface area contributed by atoms with Gasteiger partial charge in [-0.25, -0.2) is 9.37 Å². The van der Waals surface area contributed by atoms with Crippen molar-refractivity contribution < 1.29 is 9.18 Å². The summed E-state index contributed by atoms with van der Waals surface area (Å²) in [5.41, 5.74) is 4.05. The molecule has 0 radical (unpaired) electrons. The van der Waals surface area contributed by atoms with Crippen LogP contribution in [0.3, 0.4) is 0 Å². The van der Waals surface area contributed by atoms with Crippen LogP contribution in [-0.4, -0.2) is 57.3 Å². The molecule has 0 bridgehead atoms. The van der Waals surface area contributed by atoms with Crippen molar-refractivity contribution in [1.29, 1.82) is 0 Å². The van der Waals surface area contributed by atoms with Crippen molar-refractivity contribution in [3.05, 3.63) is 82.0 Å². The van der Waals surface area contributed by atoms with Gasteiger partial charge in [0.25, 0.3) is 5.56 Å². The molecule has 9 heteroatoms. The SMILES string of the molecule is Cc1ccc(-n2c(SCC(=O)N3CCN(c4ccccc4F)CC3)nc3cc(C)[nH]c3c2=O)cc1. The summed E-state index contributed by atoms with van der Waals surface area (Å²) in [6.45, 7) is 6.04. The molecule has 0 unspecified atom stereocenters. The van der Waals surface area contributed by atoms with Gasteiger partial charge in [-0.3, -0.25) is 14.2 Å². The molecule has 2 aromatic heterocycles. The summed E-state index contributed by atoms with van der Waals surface area (Å²) in [4.78, 5) is 37.9. The molecule has 2 aromatic carbocycles. The molecule has 0 atom stereocenters. The van der Waals surface area contributed by atoms with Crippen LogP contribution in [0.5, 0.6) is 0 Å². The number of rotatable bonds is 5. The number of fused-ring (bicyclic) bond motifs is 1. The van der Waals surface area contributed by atoms with Gasteiger partial charge in [0, 0.05) is 31.9 Å². The van der Waals surface area contributed by atoms with E-state index >= 15 is 0 Å². The van der Waals surface area contributed by atoms with Crippen molar-refractivity contribution >= 4 is 34.4 Å². The first kappa shape index (κ1) is 23.2. The van der Waals surface area contributed by atoms with E-state index in [2.05, 4.69) is 4.98 Å². The molecular formula is C26H26FN5O2S. The van der Waals surface area contributed by atoms with E-state index in [0.29, 0.717) is 53.7 Å². The Morgan fingerprint density at radius 3 is 2.49 bits per heavy atom. The van der Waals surface area contributed by atoms with Gasteiger partial charge >= 0.3 is 0 Å². The Morgan fingerprint density at radius 2 is 1.77 bits per heavy atom. The summed E-state index contributed by atoms with van der Waals surface area (Å²) in [5, 5.41) is 0.476. The Kier molecular flexibility index (Phi) is 6.34. The third kappa shape index (κ3) is 4.68. The van der Waals surface area contributed by atoms with Crippen molar-refractivity contribution in [2.75, 3.05) is 36.8 Å². The van der Waals surface area contributed by atoms with Crippen LogP contribution in [0.4, 0.5) is 10.1 Å². The van der Waals surface area contributed by atoms with Crippen molar-refractivity contribution in [2.24, 2.45) is 0 Å². The van der Waals surface area contributed by atoms with Crippen LogP contribution in [0.2, 0.25) is 0 Å². The second kappa shape index (κ2) is 9.58. The number of aryl methyl sites for hydroxylation is 2. The van der Waals surface area contributed by atoms with Gasteiger partial charge in [0.15, 0.2) is 5.16 Å². The van der Waals surface area contributed by atoms with Gasteiger partial charge in [-0.1, -0.05) is 41.6 Å². The lowest BCUT2D eigenvalue weighted by molar-refractivity contribution is -0.128. The molecule has 1 saturated heterocycles. The number of carbonyl (C=O) groups is 1. The average Bonchev–Trinajstić information content (AvgIpc) is 3.24. The second-order valence-electron chi connectivity index (χ2n) is 8.69. The number of nitrogens with one attached hydrogen (secondary N) is 1. The first-order valence-corrected chi connectivity index (χ1v) is 12.5. The van der Waals surface area contributed by atoms with E-state index < -0.39 is 0 Å². The van der Waals surface area contributed by atoms with Gasteiger partial charge in [0.2, 0.25) is 5.91 Å². The van der Waals surface area contributed by atoms with Gasteiger partial charge in [-0.2, -0.15) is 0 Å². The number of nitrogens with zero attached hydrogens (tertiary/aromatic N) is 4. The van der Waals surface area contributed by atoms with E-state index in [4.69, 9.17) is 4.98 Å². The van der Waals surface area contributed by atoms with Crippen LogP contribution in [0, 0.1) is 19.7 Å². The number of aromatic amines is 1. The molecule has 0 aliphatic carbocycles. The molecule has 7 nitrogen and oxygen atoms in total. The van der Waals surface area contributed by atoms with Crippen molar-refractivity contribution in [3.8, 4) is 5.69 Å². The molecule has 35 heavy (non-hydrogen) atoms. The normalized spacial score (nSPS) is 14.0. The van der Waals surface area contributed by atoms with E-state index in [1.54, 1.807) is 21.6 Å². The molecule has 5 rings (SSSR count). The summed E-state index contributed by atoms with van der Waals surface area (Å²) in [7, 11) is 0. The largest absolute Gasteiger partial charge is 0.366 e. The number of piperazine rings is 1. The zero-order valence-corrected chi connectivity index (χ0v) is 20.4. The third-order valence-electron chi connectivity index (χ3n) is 6.20. The highest BCUT2D eigenvalue weighted by Gasteiger charge is 2.24. The highest BCUT2D eigenvalue weighted by Crippen LogP contribution is 2.24. The number of hydrogen-bond donors (Lipinski definition) is 1. The smallest absolute Gasteiger partial charge is 0.283 e. The number of aromatic nitrogens is 3. The zero-order chi connectivity index (χ0) is 24.5. The van der Waals surface area contributed by atoms with Gasteiger partial charge in [0.1, 0.15) is 11.3 Å². The zero-order valence-electron chi connectivity index (χ0n) is 19.6. The van der Waals surface area contributed by atoms with Crippen LogP contribution >= 0.6 is 11.8 Å². The second-order valence-corrected chi connectivity index (χ2v) is 9.63. The van der Waals surface area contributed by atoms with Crippen LogP contribution in [0.25, 0.3) is 16.7 Å². The highest BCUT2D eigenvalue weighted by molar-refractivity contribution is 7.99. The molecule has 0 saturated carbocycles. The predicted molar refractivity (Wildman–Crippen MR) is 137 cm³/mol. The number of carbonyl (C=O) groups excluding carboxylic acids is 1. The van der Waals surface area contributed by atoms with Crippen molar-refractivity contribution in [1.82, 2.24) is 19.4 Å². The summed E-state index contributed by atoms with van der Waals surface area (Å²) in [6.07, 6.45) is 0. The van der Waals surface area contributed by atoms with E-state index in [9.17, 15) is 14.0 Å². The van der Waals surface area contributed by atoms with E-state index in [1.807, 2.05) is 55.1 Å². The third-order valence-corrected chi connectivity index (χ3v) is 7.12.